The second-order valence-electron chi connectivity index (χ2n) is 4.75. The number of hydrogen-bond acceptors (Lipinski definition) is 3. The van der Waals surface area contributed by atoms with E-state index in [0.717, 1.165) is 19.4 Å². The molecule has 0 saturated carbocycles. The zero-order valence-corrected chi connectivity index (χ0v) is 12.8. The molecule has 2 nitrogen and oxygen atoms in total. The molecule has 2 aromatic rings. The Morgan fingerprint density at radius 1 is 1.26 bits per heavy atom. The highest BCUT2D eigenvalue weighted by Gasteiger charge is 2.18. The minimum Gasteiger partial charge on any atom is -0.306 e. The van der Waals surface area contributed by atoms with Gasteiger partial charge in [0.1, 0.15) is 0 Å². The van der Waals surface area contributed by atoms with Gasteiger partial charge in [0.05, 0.1) is 6.04 Å². The number of nitrogens with zero attached hydrogens (tertiary/aromatic N) is 1. The summed E-state index contributed by atoms with van der Waals surface area (Å²) in [7, 11) is 0. The summed E-state index contributed by atoms with van der Waals surface area (Å²) >= 11 is 1.82. The molecule has 102 valence electrons. The highest BCUT2D eigenvalue weighted by molar-refractivity contribution is 7.10. The maximum atomic E-state index is 4.26. The molecule has 3 heteroatoms. The Balaban J connectivity index is 2.40. The fourth-order valence-electron chi connectivity index (χ4n) is 2.39. The molecule has 0 bridgehead atoms. The lowest BCUT2D eigenvalue weighted by molar-refractivity contribution is 0.593. The van der Waals surface area contributed by atoms with Crippen molar-refractivity contribution in [2.45, 2.75) is 39.7 Å². The van der Waals surface area contributed by atoms with Crippen molar-refractivity contribution in [3.8, 4) is 0 Å². The summed E-state index contributed by atoms with van der Waals surface area (Å²) in [4.78, 5) is 5.65. The van der Waals surface area contributed by atoms with Crippen molar-refractivity contribution in [1.29, 1.82) is 0 Å². The highest BCUT2D eigenvalue weighted by atomic mass is 32.1. The Morgan fingerprint density at radius 3 is 2.74 bits per heavy atom. The molecular weight excluding hydrogens is 252 g/mol. The quantitative estimate of drug-likeness (QED) is 0.857. The maximum absolute atomic E-state index is 4.26. The molecule has 0 aliphatic carbocycles. The second-order valence-corrected chi connectivity index (χ2v) is 5.87. The minimum atomic E-state index is 0.296. The van der Waals surface area contributed by atoms with E-state index < -0.39 is 0 Å². The topological polar surface area (TPSA) is 24.9 Å². The molecule has 0 saturated heterocycles. The Hall–Kier alpha value is -1.19. The van der Waals surface area contributed by atoms with Gasteiger partial charge in [0, 0.05) is 17.3 Å². The molecular formula is C16H22N2S. The molecule has 19 heavy (non-hydrogen) atoms. The van der Waals surface area contributed by atoms with Crippen LogP contribution in [0, 0.1) is 6.92 Å². The van der Waals surface area contributed by atoms with Crippen LogP contribution in [0.5, 0.6) is 0 Å². The number of pyridine rings is 1. The second kappa shape index (κ2) is 6.83. The van der Waals surface area contributed by atoms with Crippen molar-refractivity contribution in [2.24, 2.45) is 0 Å². The summed E-state index contributed by atoms with van der Waals surface area (Å²) in [6.45, 7) is 7.63. The number of aryl methyl sites for hydroxylation is 2. The molecule has 1 atom stereocenters. The maximum Gasteiger partial charge on any atom is 0.0591 e. The molecule has 2 aromatic heterocycles. The monoisotopic (exact) mass is 274 g/mol. The molecule has 0 aliphatic rings. The largest absolute Gasteiger partial charge is 0.306 e. The van der Waals surface area contributed by atoms with E-state index in [-0.39, 0.29) is 0 Å². The molecule has 0 spiro atoms. The summed E-state index contributed by atoms with van der Waals surface area (Å²) in [5, 5.41) is 5.86. The van der Waals surface area contributed by atoms with Crippen molar-refractivity contribution >= 4 is 11.3 Å². The van der Waals surface area contributed by atoms with Crippen LogP contribution in [-0.4, -0.2) is 11.5 Å². The van der Waals surface area contributed by atoms with Gasteiger partial charge in [0.15, 0.2) is 0 Å². The van der Waals surface area contributed by atoms with Crippen molar-refractivity contribution < 1.29 is 0 Å². The lowest BCUT2D eigenvalue weighted by Gasteiger charge is -2.21. The number of thiophene rings is 1. The van der Waals surface area contributed by atoms with Crippen LogP contribution in [0.4, 0.5) is 0 Å². The first-order valence-corrected chi connectivity index (χ1v) is 7.86. The molecule has 1 N–H and O–H groups in total. The smallest absolute Gasteiger partial charge is 0.0591 e. The minimum absolute atomic E-state index is 0.296. The lowest BCUT2D eigenvalue weighted by Crippen LogP contribution is -2.24. The van der Waals surface area contributed by atoms with Crippen LogP contribution < -0.4 is 5.32 Å². The van der Waals surface area contributed by atoms with E-state index in [1.54, 1.807) is 0 Å². The molecule has 0 fully saturated rings. The zero-order chi connectivity index (χ0) is 13.7. The number of hydrogen-bond donors (Lipinski definition) is 1. The van der Waals surface area contributed by atoms with E-state index >= 15 is 0 Å². The molecule has 0 aliphatic heterocycles. The number of rotatable bonds is 6. The average molecular weight is 274 g/mol. The van der Waals surface area contributed by atoms with Gasteiger partial charge in [-0.3, -0.25) is 4.98 Å². The summed E-state index contributed by atoms with van der Waals surface area (Å²) < 4.78 is 0. The van der Waals surface area contributed by atoms with Gasteiger partial charge >= 0.3 is 0 Å². The van der Waals surface area contributed by atoms with Gasteiger partial charge in [-0.15, -0.1) is 11.3 Å². The standard InChI is InChI=1S/C16H22N2S/c1-4-8-18-16(14-7-10-19-12(14)3)15-6-9-17-11-13(15)5-2/h6-7,9-11,16,18H,4-5,8H2,1-3H3. The van der Waals surface area contributed by atoms with Crippen molar-refractivity contribution in [3.05, 3.63) is 51.5 Å². The van der Waals surface area contributed by atoms with Gasteiger partial charge in [-0.1, -0.05) is 13.8 Å². The van der Waals surface area contributed by atoms with Crippen LogP contribution in [-0.2, 0) is 6.42 Å². The van der Waals surface area contributed by atoms with Gasteiger partial charge in [0.2, 0.25) is 0 Å². The van der Waals surface area contributed by atoms with E-state index in [1.807, 2.05) is 23.7 Å². The Kier molecular flexibility index (Phi) is 5.11. The molecule has 2 heterocycles. The average Bonchev–Trinajstić information content (AvgIpc) is 2.86. The van der Waals surface area contributed by atoms with Crippen LogP contribution in [0.1, 0.15) is 47.9 Å². The zero-order valence-electron chi connectivity index (χ0n) is 11.9. The van der Waals surface area contributed by atoms with Gasteiger partial charge < -0.3 is 5.32 Å². The van der Waals surface area contributed by atoms with E-state index in [1.165, 1.54) is 21.6 Å². The Morgan fingerprint density at radius 2 is 2.11 bits per heavy atom. The fraction of sp³-hybridized carbons (Fsp3) is 0.438. The van der Waals surface area contributed by atoms with E-state index in [2.05, 4.69) is 48.6 Å². The van der Waals surface area contributed by atoms with Crippen LogP contribution in [0.25, 0.3) is 0 Å². The third kappa shape index (κ3) is 3.23. The van der Waals surface area contributed by atoms with Crippen LogP contribution in [0.15, 0.2) is 29.9 Å². The van der Waals surface area contributed by atoms with E-state index in [0.29, 0.717) is 6.04 Å². The normalized spacial score (nSPS) is 12.6. The van der Waals surface area contributed by atoms with Crippen LogP contribution in [0.2, 0.25) is 0 Å². The van der Waals surface area contributed by atoms with Gasteiger partial charge in [0.25, 0.3) is 0 Å². The fourth-order valence-corrected chi connectivity index (χ4v) is 3.13. The van der Waals surface area contributed by atoms with E-state index in [9.17, 15) is 0 Å². The number of aromatic nitrogens is 1. The first-order chi connectivity index (χ1) is 9.27. The van der Waals surface area contributed by atoms with Crippen LogP contribution in [0.3, 0.4) is 0 Å². The molecule has 1 unspecified atom stereocenters. The summed E-state index contributed by atoms with van der Waals surface area (Å²) in [5.74, 6) is 0. The van der Waals surface area contributed by atoms with Gasteiger partial charge in [-0.2, -0.15) is 0 Å². The third-order valence-corrected chi connectivity index (χ3v) is 4.30. The van der Waals surface area contributed by atoms with Crippen LogP contribution >= 0.6 is 11.3 Å². The molecule has 0 radical (unpaired) electrons. The van der Waals surface area contributed by atoms with Crippen molar-refractivity contribution in [2.75, 3.05) is 6.54 Å². The molecule has 0 aromatic carbocycles. The third-order valence-electron chi connectivity index (χ3n) is 3.44. The summed E-state index contributed by atoms with van der Waals surface area (Å²) in [6.07, 6.45) is 6.07. The van der Waals surface area contributed by atoms with Gasteiger partial charge in [-0.25, -0.2) is 0 Å². The predicted octanol–water partition coefficient (Wildman–Crippen LogP) is 4.10. The van der Waals surface area contributed by atoms with E-state index in [4.69, 9.17) is 0 Å². The molecule has 2 rings (SSSR count). The van der Waals surface area contributed by atoms with Crippen molar-refractivity contribution in [3.63, 3.8) is 0 Å². The van der Waals surface area contributed by atoms with Gasteiger partial charge in [-0.05, 0) is 60.5 Å². The predicted molar refractivity (Wildman–Crippen MR) is 82.8 cm³/mol. The Labute approximate surface area is 119 Å². The molecule has 0 amide bonds. The SMILES string of the molecule is CCCNC(c1ccncc1CC)c1ccsc1C. The Bertz CT molecular complexity index is 519. The number of nitrogens with one attached hydrogen (secondary N) is 1. The first-order valence-electron chi connectivity index (χ1n) is 6.98. The summed E-state index contributed by atoms with van der Waals surface area (Å²) in [6, 6.07) is 4.69. The summed E-state index contributed by atoms with van der Waals surface area (Å²) in [5.41, 5.74) is 4.11. The lowest BCUT2D eigenvalue weighted by atomic mass is 9.95. The first kappa shape index (κ1) is 14.2. The highest BCUT2D eigenvalue weighted by Crippen LogP contribution is 2.30. The van der Waals surface area contributed by atoms with Crippen molar-refractivity contribution in [1.82, 2.24) is 10.3 Å².